The van der Waals surface area contributed by atoms with Crippen LogP contribution >= 0.6 is 0 Å². The van der Waals surface area contributed by atoms with Gasteiger partial charge in [0.15, 0.2) is 16.6 Å². The number of hydrogen-bond donors (Lipinski definition) is 2. The molecule has 3 heterocycles. The summed E-state index contributed by atoms with van der Waals surface area (Å²) in [7, 11) is -3.94. The third-order valence-corrected chi connectivity index (χ3v) is 9.22. The first-order chi connectivity index (χ1) is 18.2. The van der Waals surface area contributed by atoms with E-state index in [0.29, 0.717) is 36.8 Å². The van der Waals surface area contributed by atoms with E-state index >= 15 is 0 Å². The normalized spacial score (nSPS) is 20.2. The number of Topliss-reactive ketones (excluding diaryl/α,β-unsaturated/α-hetero) is 1. The summed E-state index contributed by atoms with van der Waals surface area (Å²) < 4.78 is 32.9. The molecule has 1 aliphatic carbocycles. The fourth-order valence-electron chi connectivity index (χ4n) is 5.33. The summed E-state index contributed by atoms with van der Waals surface area (Å²) in [6, 6.07) is 11.1. The third-order valence-electron chi connectivity index (χ3n) is 7.46. The molecule has 0 spiro atoms. The molecular weight excluding hydrogens is 508 g/mol. The molecule has 1 aromatic carbocycles. The zero-order valence-corrected chi connectivity index (χ0v) is 21.9. The Kier molecular flexibility index (Phi) is 7.06. The molecule has 2 aromatic heterocycles. The lowest BCUT2D eigenvalue weighted by Gasteiger charge is -2.30. The zero-order chi connectivity index (χ0) is 26.9. The van der Waals surface area contributed by atoms with E-state index in [2.05, 4.69) is 15.6 Å². The Balaban J connectivity index is 1.30. The molecule has 0 radical (unpaired) electrons. The smallest absolute Gasteiger partial charge is 0.288 e. The highest BCUT2D eigenvalue weighted by Gasteiger charge is 2.45. The molecular formula is C27H30N4O6S. The van der Waals surface area contributed by atoms with E-state index in [0.717, 1.165) is 22.5 Å². The largest absolute Gasteiger partial charge is 0.451 e. The van der Waals surface area contributed by atoms with E-state index in [4.69, 9.17) is 4.42 Å². The van der Waals surface area contributed by atoms with Gasteiger partial charge in [-0.15, -0.1) is 0 Å². The van der Waals surface area contributed by atoms with Crippen molar-refractivity contribution in [1.82, 2.24) is 19.9 Å². The highest BCUT2D eigenvalue weighted by Crippen LogP contribution is 2.32. The number of nitrogens with one attached hydrogen (secondary N) is 2. The van der Waals surface area contributed by atoms with E-state index in [9.17, 15) is 22.8 Å². The van der Waals surface area contributed by atoms with Crippen molar-refractivity contribution in [2.24, 2.45) is 0 Å². The number of amides is 2. The van der Waals surface area contributed by atoms with Crippen LogP contribution in [-0.2, 0) is 19.6 Å². The maximum Gasteiger partial charge on any atom is 0.288 e. The predicted octanol–water partition coefficient (Wildman–Crippen LogP) is 2.72. The van der Waals surface area contributed by atoms with Gasteiger partial charge in [-0.3, -0.25) is 14.4 Å². The summed E-state index contributed by atoms with van der Waals surface area (Å²) in [5.41, 5.74) is 0.114. The van der Waals surface area contributed by atoms with E-state index in [-0.39, 0.29) is 23.9 Å². The lowest BCUT2D eigenvalue weighted by atomic mass is 9.94. The number of ketones is 1. The number of hydrogen-bond acceptors (Lipinski definition) is 7. The van der Waals surface area contributed by atoms with Crippen molar-refractivity contribution in [2.75, 3.05) is 13.1 Å². The standard InChI is InChI=1S/C27H30N4O6S/c1-18-19-9-2-3-11-22(19)37-24(18)25(33)30-27(13-5-6-14-27)26(34)29-20-10-8-16-31(17-21(20)32)38(35,36)23-12-4-7-15-28-23/h2-4,7,9,11-12,15,20H,5-6,8,10,13-14,16-17H2,1H3,(H,29,34)(H,30,33). The monoisotopic (exact) mass is 538 g/mol. The molecule has 10 nitrogen and oxygen atoms in total. The fourth-order valence-corrected chi connectivity index (χ4v) is 6.71. The number of aryl methyl sites for hydroxylation is 1. The molecule has 3 aromatic rings. The van der Waals surface area contributed by atoms with Crippen LogP contribution in [0.3, 0.4) is 0 Å². The molecule has 5 rings (SSSR count). The van der Waals surface area contributed by atoms with Gasteiger partial charge in [0.2, 0.25) is 5.91 Å². The van der Waals surface area contributed by atoms with Crippen molar-refractivity contribution in [1.29, 1.82) is 0 Å². The van der Waals surface area contributed by atoms with Crippen molar-refractivity contribution >= 4 is 38.6 Å². The molecule has 2 N–H and O–H groups in total. The molecule has 38 heavy (non-hydrogen) atoms. The molecule has 0 bridgehead atoms. The summed E-state index contributed by atoms with van der Waals surface area (Å²) in [6.07, 6.45) is 4.45. The Bertz CT molecular complexity index is 1480. The van der Waals surface area contributed by atoms with Crippen LogP contribution in [-0.4, -0.2) is 60.0 Å². The summed E-state index contributed by atoms with van der Waals surface area (Å²) in [6.45, 7) is 1.59. The minimum atomic E-state index is -3.94. The van der Waals surface area contributed by atoms with Crippen molar-refractivity contribution in [3.05, 3.63) is 60.0 Å². The number of aromatic nitrogens is 1. The maximum atomic E-state index is 13.6. The lowest BCUT2D eigenvalue weighted by molar-refractivity contribution is -0.131. The number of nitrogens with zero attached hydrogens (tertiary/aromatic N) is 2. The molecule has 2 aliphatic rings. The van der Waals surface area contributed by atoms with Gasteiger partial charge in [0, 0.05) is 23.7 Å². The average Bonchev–Trinajstić information content (AvgIpc) is 3.47. The Hall–Kier alpha value is -3.57. The Morgan fingerprint density at radius 3 is 2.53 bits per heavy atom. The number of carbonyl (C=O) groups excluding carboxylic acids is 3. The van der Waals surface area contributed by atoms with Crippen LogP contribution in [0.25, 0.3) is 11.0 Å². The summed E-state index contributed by atoms with van der Waals surface area (Å²) >= 11 is 0. The van der Waals surface area contributed by atoms with Crippen LogP contribution in [0.15, 0.2) is 58.1 Å². The van der Waals surface area contributed by atoms with Crippen LogP contribution in [0.5, 0.6) is 0 Å². The number of benzene rings is 1. The van der Waals surface area contributed by atoms with Gasteiger partial charge >= 0.3 is 0 Å². The van der Waals surface area contributed by atoms with Crippen LogP contribution in [0.2, 0.25) is 0 Å². The summed E-state index contributed by atoms with van der Waals surface area (Å²) in [4.78, 5) is 43.9. The van der Waals surface area contributed by atoms with E-state index < -0.39 is 39.2 Å². The van der Waals surface area contributed by atoms with Crippen LogP contribution in [0, 0.1) is 6.92 Å². The molecule has 1 atom stereocenters. The molecule has 11 heteroatoms. The van der Waals surface area contributed by atoms with Crippen molar-refractivity contribution < 1.29 is 27.2 Å². The number of carbonyl (C=O) groups is 3. The number of sulfonamides is 1. The zero-order valence-electron chi connectivity index (χ0n) is 21.1. The first kappa shape index (κ1) is 26.1. The van der Waals surface area contributed by atoms with E-state index in [1.807, 2.05) is 18.2 Å². The van der Waals surface area contributed by atoms with Gasteiger partial charge in [0.05, 0.1) is 12.6 Å². The predicted molar refractivity (Wildman–Crippen MR) is 139 cm³/mol. The molecule has 1 saturated heterocycles. The van der Waals surface area contributed by atoms with Gasteiger partial charge in [-0.05, 0) is 50.8 Å². The minimum Gasteiger partial charge on any atom is -0.451 e. The summed E-state index contributed by atoms with van der Waals surface area (Å²) in [5, 5.41) is 6.45. The lowest BCUT2D eigenvalue weighted by Crippen LogP contribution is -2.60. The Labute approximate surface area is 220 Å². The van der Waals surface area contributed by atoms with Crippen molar-refractivity contribution in [2.45, 2.75) is 62.1 Å². The molecule has 1 unspecified atom stereocenters. The first-order valence-corrected chi connectivity index (χ1v) is 14.2. The minimum absolute atomic E-state index is 0.121. The highest BCUT2D eigenvalue weighted by molar-refractivity contribution is 7.89. The van der Waals surface area contributed by atoms with E-state index in [1.165, 1.54) is 12.3 Å². The molecule has 2 amide bonds. The molecule has 2 fully saturated rings. The number of rotatable bonds is 6. The molecule has 200 valence electrons. The maximum absolute atomic E-state index is 13.6. The van der Waals surface area contributed by atoms with Gasteiger partial charge in [-0.25, -0.2) is 13.4 Å². The first-order valence-electron chi connectivity index (χ1n) is 12.8. The van der Waals surface area contributed by atoms with Crippen molar-refractivity contribution in [3.63, 3.8) is 0 Å². The van der Waals surface area contributed by atoms with Crippen LogP contribution in [0.4, 0.5) is 0 Å². The van der Waals surface area contributed by atoms with Gasteiger partial charge in [-0.1, -0.05) is 37.1 Å². The van der Waals surface area contributed by atoms with Crippen molar-refractivity contribution in [3.8, 4) is 0 Å². The van der Waals surface area contributed by atoms with Gasteiger partial charge in [-0.2, -0.15) is 4.31 Å². The number of para-hydroxylation sites is 1. The fraction of sp³-hybridized carbons (Fsp3) is 0.407. The van der Waals surface area contributed by atoms with Gasteiger partial charge in [0.1, 0.15) is 11.1 Å². The second kappa shape index (κ2) is 10.3. The SMILES string of the molecule is Cc1c(C(=O)NC2(C(=O)NC3CCCN(S(=O)(=O)c4ccccn4)CC3=O)CCCC2)oc2ccccc12. The van der Waals surface area contributed by atoms with E-state index in [1.54, 1.807) is 25.1 Å². The van der Waals surface area contributed by atoms with Gasteiger partial charge in [0.25, 0.3) is 15.9 Å². The average molecular weight is 539 g/mol. The van der Waals surface area contributed by atoms with Gasteiger partial charge < -0.3 is 15.1 Å². The Morgan fingerprint density at radius 1 is 1.08 bits per heavy atom. The number of pyridine rings is 1. The third kappa shape index (κ3) is 4.83. The quantitative estimate of drug-likeness (QED) is 0.492. The second-order valence-electron chi connectivity index (χ2n) is 9.94. The highest BCUT2D eigenvalue weighted by atomic mass is 32.2. The topological polar surface area (TPSA) is 139 Å². The second-order valence-corrected chi connectivity index (χ2v) is 11.8. The number of furan rings is 1. The Morgan fingerprint density at radius 2 is 1.82 bits per heavy atom. The molecule has 1 aliphatic heterocycles. The van der Waals surface area contributed by atoms with Crippen LogP contribution in [0.1, 0.15) is 54.6 Å². The van der Waals surface area contributed by atoms with Crippen LogP contribution < -0.4 is 10.6 Å². The molecule has 1 saturated carbocycles. The number of fused-ring (bicyclic) bond motifs is 1. The summed E-state index contributed by atoms with van der Waals surface area (Å²) in [5.74, 6) is -1.15.